The number of benzene rings is 2. The van der Waals surface area contributed by atoms with Gasteiger partial charge in [-0.05, 0) is 48.9 Å². The van der Waals surface area contributed by atoms with Crippen LogP contribution in [0.25, 0.3) is 10.9 Å². The Morgan fingerprint density at radius 1 is 1.16 bits per heavy atom. The number of halogens is 1. The maximum absolute atomic E-state index is 13.1. The fourth-order valence-corrected chi connectivity index (χ4v) is 4.01. The lowest BCUT2D eigenvalue weighted by Gasteiger charge is -2.15. The summed E-state index contributed by atoms with van der Waals surface area (Å²) < 4.78 is 20.0. The molecule has 6 nitrogen and oxygen atoms in total. The van der Waals surface area contributed by atoms with E-state index in [1.807, 2.05) is 13.0 Å². The van der Waals surface area contributed by atoms with Gasteiger partial charge in [-0.1, -0.05) is 36.0 Å². The van der Waals surface area contributed by atoms with Crippen LogP contribution in [0.5, 0.6) is 0 Å². The first-order valence-electron chi connectivity index (χ1n) is 9.71. The lowest BCUT2D eigenvalue weighted by atomic mass is 10.1. The average molecular weight is 437 g/mol. The number of rotatable bonds is 7. The minimum Gasteiger partial charge on any atom is -0.467 e. The van der Waals surface area contributed by atoms with Gasteiger partial charge >= 0.3 is 0 Å². The summed E-state index contributed by atoms with van der Waals surface area (Å²) in [4.78, 5) is 30.1. The second-order valence-electron chi connectivity index (χ2n) is 7.01. The van der Waals surface area contributed by atoms with Crippen LogP contribution in [0.1, 0.15) is 24.3 Å². The fraction of sp³-hybridized carbons (Fsp3) is 0.174. The summed E-state index contributed by atoms with van der Waals surface area (Å²) in [6, 6.07) is 16.4. The van der Waals surface area contributed by atoms with Gasteiger partial charge in [0.25, 0.3) is 5.56 Å². The van der Waals surface area contributed by atoms with Gasteiger partial charge in [-0.15, -0.1) is 0 Å². The van der Waals surface area contributed by atoms with Gasteiger partial charge in [0.05, 0.1) is 35.5 Å². The van der Waals surface area contributed by atoms with E-state index in [-0.39, 0.29) is 35.6 Å². The fourth-order valence-electron chi connectivity index (χ4n) is 3.20. The minimum absolute atomic E-state index is 0.0778. The van der Waals surface area contributed by atoms with Crippen molar-refractivity contribution in [2.75, 3.05) is 5.75 Å². The quantitative estimate of drug-likeness (QED) is 0.347. The molecular weight excluding hydrogens is 417 g/mol. The van der Waals surface area contributed by atoms with Crippen molar-refractivity contribution in [2.45, 2.75) is 24.7 Å². The van der Waals surface area contributed by atoms with Gasteiger partial charge in [0.1, 0.15) is 11.6 Å². The third-order valence-electron chi connectivity index (χ3n) is 4.80. The van der Waals surface area contributed by atoms with Crippen LogP contribution in [-0.2, 0) is 11.3 Å². The number of nitrogens with one attached hydrogen (secondary N) is 1. The van der Waals surface area contributed by atoms with Crippen LogP contribution in [0.15, 0.2) is 81.3 Å². The Bertz CT molecular complexity index is 1250. The van der Waals surface area contributed by atoms with Crippen LogP contribution >= 0.6 is 11.8 Å². The minimum atomic E-state index is -0.324. The molecular formula is C23H20FN3O3S. The predicted molar refractivity (Wildman–Crippen MR) is 117 cm³/mol. The Kier molecular flexibility index (Phi) is 6.18. The maximum Gasteiger partial charge on any atom is 0.262 e. The number of nitrogens with zero attached hydrogens (tertiary/aromatic N) is 2. The number of para-hydroxylation sites is 1. The summed E-state index contributed by atoms with van der Waals surface area (Å²) in [6.07, 6.45) is 1.55. The smallest absolute Gasteiger partial charge is 0.262 e. The number of furan rings is 1. The number of carbonyl (C=O) groups is 1. The van der Waals surface area contributed by atoms with E-state index in [1.165, 1.54) is 28.5 Å². The Morgan fingerprint density at radius 3 is 2.68 bits per heavy atom. The molecule has 0 saturated heterocycles. The molecule has 1 amide bonds. The monoisotopic (exact) mass is 437 g/mol. The molecule has 0 radical (unpaired) electrons. The number of aromatic nitrogens is 2. The van der Waals surface area contributed by atoms with Crippen molar-refractivity contribution in [1.82, 2.24) is 14.9 Å². The molecule has 0 saturated carbocycles. The molecule has 1 N–H and O–H groups in total. The first-order chi connectivity index (χ1) is 15.0. The van der Waals surface area contributed by atoms with E-state index in [9.17, 15) is 14.0 Å². The zero-order chi connectivity index (χ0) is 21.8. The molecule has 0 spiro atoms. The van der Waals surface area contributed by atoms with E-state index >= 15 is 0 Å². The second-order valence-corrected chi connectivity index (χ2v) is 7.95. The van der Waals surface area contributed by atoms with Crippen molar-refractivity contribution < 1.29 is 13.6 Å². The van der Waals surface area contributed by atoms with Crippen molar-refractivity contribution in [3.8, 4) is 0 Å². The van der Waals surface area contributed by atoms with Crippen molar-refractivity contribution in [2.24, 2.45) is 0 Å². The van der Waals surface area contributed by atoms with E-state index in [1.54, 1.807) is 48.7 Å². The van der Waals surface area contributed by atoms with Crippen LogP contribution in [0.3, 0.4) is 0 Å². The molecule has 31 heavy (non-hydrogen) atoms. The van der Waals surface area contributed by atoms with Crippen molar-refractivity contribution in [1.29, 1.82) is 0 Å². The van der Waals surface area contributed by atoms with Gasteiger partial charge in [0, 0.05) is 0 Å². The highest BCUT2D eigenvalue weighted by Crippen LogP contribution is 2.20. The number of thioether (sulfide) groups is 1. The molecule has 2 aromatic heterocycles. The van der Waals surface area contributed by atoms with Gasteiger partial charge in [0.2, 0.25) is 5.91 Å². The Morgan fingerprint density at radius 2 is 1.94 bits per heavy atom. The zero-order valence-electron chi connectivity index (χ0n) is 16.7. The molecule has 4 aromatic rings. The molecule has 4 rings (SSSR count). The van der Waals surface area contributed by atoms with Gasteiger partial charge < -0.3 is 9.73 Å². The average Bonchev–Trinajstić information content (AvgIpc) is 3.28. The van der Waals surface area contributed by atoms with Crippen LogP contribution in [-0.4, -0.2) is 21.2 Å². The van der Waals surface area contributed by atoms with E-state index in [0.29, 0.717) is 21.8 Å². The highest BCUT2D eigenvalue weighted by molar-refractivity contribution is 7.99. The molecule has 0 aliphatic heterocycles. The molecule has 0 bridgehead atoms. The topological polar surface area (TPSA) is 77.1 Å². The summed E-state index contributed by atoms with van der Waals surface area (Å²) >= 11 is 1.18. The van der Waals surface area contributed by atoms with Crippen molar-refractivity contribution >= 4 is 28.6 Å². The molecule has 1 unspecified atom stereocenters. The summed E-state index contributed by atoms with van der Waals surface area (Å²) in [5, 5.41) is 3.83. The second kappa shape index (κ2) is 9.18. The van der Waals surface area contributed by atoms with Crippen LogP contribution in [0, 0.1) is 5.82 Å². The Balaban J connectivity index is 1.53. The van der Waals surface area contributed by atoms with E-state index in [0.717, 1.165) is 5.56 Å². The molecule has 158 valence electrons. The van der Waals surface area contributed by atoms with Gasteiger partial charge in [-0.2, -0.15) is 0 Å². The molecule has 1 atom stereocenters. The standard InChI is InChI=1S/C23H20FN3O3S/c1-15(16-8-10-17(24)11-9-16)25-21(28)14-31-23-26-20-7-3-2-6-19(20)22(29)27(23)13-18-5-4-12-30-18/h2-12,15H,13-14H2,1H3,(H,25,28). The zero-order valence-corrected chi connectivity index (χ0v) is 17.6. The lowest BCUT2D eigenvalue weighted by molar-refractivity contribution is -0.119. The predicted octanol–water partition coefficient (Wildman–Crippen LogP) is 4.15. The van der Waals surface area contributed by atoms with Crippen LogP contribution in [0.2, 0.25) is 0 Å². The third kappa shape index (κ3) is 4.86. The largest absolute Gasteiger partial charge is 0.467 e. The summed E-state index contributed by atoms with van der Waals surface area (Å²) in [5.74, 6) is 0.160. The molecule has 8 heteroatoms. The van der Waals surface area contributed by atoms with Gasteiger partial charge in [-0.25, -0.2) is 9.37 Å². The van der Waals surface area contributed by atoms with Crippen LogP contribution in [0.4, 0.5) is 4.39 Å². The number of carbonyl (C=O) groups excluding carboxylic acids is 1. The number of hydrogen-bond acceptors (Lipinski definition) is 5. The molecule has 2 aromatic carbocycles. The summed E-state index contributed by atoms with van der Waals surface area (Å²) in [6.45, 7) is 2.05. The van der Waals surface area contributed by atoms with Gasteiger partial charge in [-0.3, -0.25) is 14.2 Å². The molecule has 0 aliphatic rings. The Hall–Kier alpha value is -3.39. The van der Waals surface area contributed by atoms with E-state index in [2.05, 4.69) is 10.3 Å². The lowest BCUT2D eigenvalue weighted by Crippen LogP contribution is -2.29. The first-order valence-corrected chi connectivity index (χ1v) is 10.7. The molecule has 0 aliphatic carbocycles. The first kappa shape index (κ1) is 20.9. The SMILES string of the molecule is CC(NC(=O)CSc1nc2ccccc2c(=O)n1Cc1ccco1)c1ccc(F)cc1. The Labute approximate surface area is 182 Å². The number of amides is 1. The summed E-state index contributed by atoms with van der Waals surface area (Å²) in [7, 11) is 0. The number of hydrogen-bond donors (Lipinski definition) is 1. The van der Waals surface area contributed by atoms with Crippen LogP contribution < -0.4 is 10.9 Å². The van der Waals surface area contributed by atoms with Crippen molar-refractivity contribution in [3.63, 3.8) is 0 Å². The van der Waals surface area contributed by atoms with E-state index < -0.39 is 0 Å². The normalized spacial score (nSPS) is 12.1. The highest BCUT2D eigenvalue weighted by Gasteiger charge is 2.16. The van der Waals surface area contributed by atoms with Gasteiger partial charge in [0.15, 0.2) is 5.16 Å². The maximum atomic E-state index is 13.1. The summed E-state index contributed by atoms with van der Waals surface area (Å²) in [5.41, 5.74) is 1.19. The molecule has 2 heterocycles. The third-order valence-corrected chi connectivity index (χ3v) is 5.78. The molecule has 0 fully saturated rings. The van der Waals surface area contributed by atoms with E-state index in [4.69, 9.17) is 4.42 Å². The van der Waals surface area contributed by atoms with Crippen molar-refractivity contribution in [3.05, 3.63) is 94.4 Å². The highest BCUT2D eigenvalue weighted by atomic mass is 32.2. The number of fused-ring (bicyclic) bond motifs is 1.